The van der Waals surface area contributed by atoms with Crippen LogP contribution in [-0.2, 0) is 4.79 Å². The van der Waals surface area contributed by atoms with E-state index in [0.717, 1.165) is 75.3 Å². The quantitative estimate of drug-likeness (QED) is 0.642. The molecule has 30 heavy (non-hydrogen) atoms. The molecule has 0 aromatic carbocycles. The van der Waals surface area contributed by atoms with Gasteiger partial charge >= 0.3 is 0 Å². The average Bonchev–Trinajstić information content (AvgIpc) is 3.49. The molecule has 0 spiro atoms. The number of piperidine rings is 1. The second-order valence-electron chi connectivity index (χ2n) is 8.16. The predicted octanol–water partition coefficient (Wildman–Crippen LogP) is 1.69. The molecular weight excluding hydrogens is 398 g/mol. The van der Waals surface area contributed by atoms with Crippen molar-refractivity contribution in [3.63, 3.8) is 0 Å². The van der Waals surface area contributed by atoms with E-state index < -0.39 is 0 Å². The van der Waals surface area contributed by atoms with Gasteiger partial charge in [-0.2, -0.15) is 0 Å². The Labute approximate surface area is 182 Å². The summed E-state index contributed by atoms with van der Waals surface area (Å²) in [6.07, 6.45) is 6.93. The van der Waals surface area contributed by atoms with Gasteiger partial charge in [-0.15, -0.1) is 10.2 Å². The Morgan fingerprint density at radius 1 is 1.10 bits per heavy atom. The van der Waals surface area contributed by atoms with Crippen molar-refractivity contribution in [3.05, 3.63) is 24.5 Å². The smallest absolute Gasteiger partial charge is 0.224 e. The van der Waals surface area contributed by atoms with Crippen LogP contribution in [0.4, 0.5) is 5.13 Å². The molecule has 4 rings (SSSR count). The lowest BCUT2D eigenvalue weighted by atomic mass is 9.97. The topological polar surface area (TPSA) is 69.5 Å². The van der Waals surface area contributed by atoms with Crippen molar-refractivity contribution in [2.24, 2.45) is 5.92 Å². The van der Waals surface area contributed by atoms with Crippen LogP contribution in [-0.4, -0.2) is 89.4 Å². The van der Waals surface area contributed by atoms with E-state index in [9.17, 15) is 4.79 Å². The second kappa shape index (κ2) is 10.4. The van der Waals surface area contributed by atoms with Gasteiger partial charge in [-0.1, -0.05) is 18.3 Å². The molecule has 2 aliphatic heterocycles. The molecule has 2 aromatic heterocycles. The van der Waals surface area contributed by atoms with E-state index in [1.54, 1.807) is 11.3 Å². The monoisotopic (exact) mass is 431 g/mol. The van der Waals surface area contributed by atoms with Gasteiger partial charge in [-0.05, 0) is 44.5 Å². The number of hydrogen-bond donors (Lipinski definition) is 1. The van der Waals surface area contributed by atoms with Gasteiger partial charge in [0.2, 0.25) is 16.2 Å². The summed E-state index contributed by atoms with van der Waals surface area (Å²) < 4.78 is 1.97. The molecule has 1 N–H and O–H groups in total. The van der Waals surface area contributed by atoms with Crippen LogP contribution in [0.2, 0.25) is 0 Å². The van der Waals surface area contributed by atoms with Gasteiger partial charge in [0.25, 0.3) is 0 Å². The molecule has 9 heteroatoms. The fraction of sp³-hybridized carbons (Fsp3) is 0.667. The fourth-order valence-electron chi connectivity index (χ4n) is 4.25. The third-order valence-corrected chi connectivity index (χ3v) is 7.15. The molecule has 2 aromatic rings. The molecule has 0 bridgehead atoms. The number of aromatic nitrogens is 3. The Bertz CT molecular complexity index is 785. The number of nitrogens with zero attached hydrogens (tertiary/aromatic N) is 6. The van der Waals surface area contributed by atoms with Crippen LogP contribution in [0.1, 0.15) is 26.2 Å². The summed E-state index contributed by atoms with van der Waals surface area (Å²) in [6.45, 7) is 11.5. The third kappa shape index (κ3) is 5.39. The Balaban J connectivity index is 1.19. The number of hydrogen-bond acceptors (Lipinski definition) is 7. The van der Waals surface area contributed by atoms with E-state index in [2.05, 4.69) is 37.1 Å². The highest BCUT2D eigenvalue weighted by atomic mass is 32.1. The molecule has 0 radical (unpaired) electrons. The number of nitrogens with one attached hydrogen (secondary N) is 1. The van der Waals surface area contributed by atoms with Crippen molar-refractivity contribution in [3.8, 4) is 5.13 Å². The Morgan fingerprint density at radius 2 is 1.83 bits per heavy atom. The highest BCUT2D eigenvalue weighted by Gasteiger charge is 2.27. The summed E-state index contributed by atoms with van der Waals surface area (Å²) in [5, 5.41) is 13.6. The van der Waals surface area contributed by atoms with Gasteiger partial charge in [0.15, 0.2) is 0 Å². The molecule has 8 nitrogen and oxygen atoms in total. The molecule has 2 aliphatic rings. The zero-order valence-electron chi connectivity index (χ0n) is 17.9. The Hall–Kier alpha value is -1.97. The van der Waals surface area contributed by atoms with Gasteiger partial charge in [0.1, 0.15) is 0 Å². The van der Waals surface area contributed by atoms with Gasteiger partial charge in [0.05, 0.1) is 5.92 Å². The number of carbonyl (C=O) groups excluding carboxylic acids is 1. The molecule has 2 saturated heterocycles. The van der Waals surface area contributed by atoms with E-state index in [1.807, 2.05) is 29.1 Å². The van der Waals surface area contributed by atoms with Crippen LogP contribution in [0, 0.1) is 5.92 Å². The van der Waals surface area contributed by atoms with E-state index in [0.29, 0.717) is 0 Å². The molecule has 0 unspecified atom stereocenters. The van der Waals surface area contributed by atoms with Crippen LogP contribution in [0.15, 0.2) is 24.5 Å². The number of rotatable bonds is 8. The SMILES string of the molecule is CCN1CCN(CCCNC(=O)[C@H]2CCCN(c3nnc(-n4cccc4)s3)C2)CC1. The zero-order chi connectivity index (χ0) is 20.8. The summed E-state index contributed by atoms with van der Waals surface area (Å²) in [5.74, 6) is 0.219. The van der Waals surface area contributed by atoms with Crippen molar-refractivity contribution in [2.45, 2.75) is 26.2 Å². The predicted molar refractivity (Wildman–Crippen MR) is 120 cm³/mol. The maximum absolute atomic E-state index is 12.7. The van der Waals surface area contributed by atoms with Crippen LogP contribution in [0.25, 0.3) is 5.13 Å². The van der Waals surface area contributed by atoms with Crippen molar-refractivity contribution in [1.29, 1.82) is 0 Å². The summed E-state index contributed by atoms with van der Waals surface area (Å²) in [5.41, 5.74) is 0. The first-order valence-electron chi connectivity index (χ1n) is 11.2. The van der Waals surface area contributed by atoms with Crippen molar-refractivity contribution in [1.82, 2.24) is 29.9 Å². The summed E-state index contributed by atoms with van der Waals surface area (Å²) >= 11 is 1.58. The molecule has 164 valence electrons. The minimum atomic E-state index is 0.0331. The average molecular weight is 432 g/mol. The van der Waals surface area contributed by atoms with Crippen LogP contribution < -0.4 is 10.2 Å². The van der Waals surface area contributed by atoms with E-state index in [4.69, 9.17) is 0 Å². The van der Waals surface area contributed by atoms with E-state index in [-0.39, 0.29) is 11.8 Å². The fourth-order valence-corrected chi connectivity index (χ4v) is 5.10. The van der Waals surface area contributed by atoms with Gasteiger partial charge < -0.3 is 20.0 Å². The maximum Gasteiger partial charge on any atom is 0.224 e. The van der Waals surface area contributed by atoms with Crippen molar-refractivity contribution in [2.75, 3.05) is 63.8 Å². The maximum atomic E-state index is 12.7. The highest BCUT2D eigenvalue weighted by Crippen LogP contribution is 2.27. The minimum absolute atomic E-state index is 0.0331. The number of amides is 1. The molecule has 1 atom stereocenters. The summed E-state index contributed by atoms with van der Waals surface area (Å²) in [4.78, 5) is 19.9. The van der Waals surface area contributed by atoms with E-state index >= 15 is 0 Å². The Kier molecular flexibility index (Phi) is 7.35. The molecule has 4 heterocycles. The molecule has 0 saturated carbocycles. The number of piperazine rings is 1. The minimum Gasteiger partial charge on any atom is -0.356 e. The summed E-state index contributed by atoms with van der Waals surface area (Å²) in [6, 6.07) is 3.96. The zero-order valence-corrected chi connectivity index (χ0v) is 18.7. The molecule has 2 fully saturated rings. The standard InChI is InChI=1S/C21H33N7OS/c1-2-25-13-15-26(16-14-25)9-6-8-22-19(29)18-7-5-12-28(17-18)21-24-23-20(30-21)27-10-3-4-11-27/h3-4,10-11,18H,2,5-9,12-17H2,1H3,(H,22,29)/t18-/m0/s1. The van der Waals surface area contributed by atoms with Crippen molar-refractivity contribution < 1.29 is 4.79 Å². The van der Waals surface area contributed by atoms with Gasteiger partial charge in [-0.25, -0.2) is 0 Å². The van der Waals surface area contributed by atoms with Crippen LogP contribution in [0.3, 0.4) is 0 Å². The lowest BCUT2D eigenvalue weighted by molar-refractivity contribution is -0.125. The van der Waals surface area contributed by atoms with Crippen LogP contribution in [0.5, 0.6) is 0 Å². The van der Waals surface area contributed by atoms with E-state index in [1.165, 1.54) is 13.1 Å². The number of carbonyl (C=O) groups is 1. The first-order chi connectivity index (χ1) is 14.7. The van der Waals surface area contributed by atoms with Crippen molar-refractivity contribution >= 4 is 22.4 Å². The molecule has 0 aliphatic carbocycles. The van der Waals surface area contributed by atoms with Gasteiger partial charge in [-0.3, -0.25) is 9.36 Å². The third-order valence-electron chi connectivity index (χ3n) is 6.15. The number of likely N-dealkylation sites (N-methyl/N-ethyl adjacent to an activating group) is 1. The first kappa shape index (κ1) is 21.3. The summed E-state index contributed by atoms with van der Waals surface area (Å²) in [7, 11) is 0. The lowest BCUT2D eigenvalue weighted by Gasteiger charge is -2.34. The number of anilines is 1. The normalized spacial score (nSPS) is 21.1. The lowest BCUT2D eigenvalue weighted by Crippen LogP contribution is -2.47. The van der Waals surface area contributed by atoms with Crippen LogP contribution >= 0.6 is 11.3 Å². The first-order valence-corrected chi connectivity index (χ1v) is 12.0. The van der Waals surface area contributed by atoms with Gasteiger partial charge in [0, 0.05) is 58.2 Å². The highest BCUT2D eigenvalue weighted by molar-refractivity contribution is 7.17. The largest absolute Gasteiger partial charge is 0.356 e. The second-order valence-corrected chi connectivity index (χ2v) is 9.10. The Morgan fingerprint density at radius 3 is 2.60 bits per heavy atom. The molecule has 1 amide bonds. The molecular formula is C21H33N7OS.